The van der Waals surface area contributed by atoms with Gasteiger partial charge in [0.1, 0.15) is 0 Å². The largest absolute Gasteiger partial charge is 0.273 e. The number of nitrogens with one attached hydrogen (secondary N) is 2. The second kappa shape index (κ2) is 12.9. The van der Waals surface area contributed by atoms with Crippen molar-refractivity contribution in [1.29, 1.82) is 0 Å². The van der Waals surface area contributed by atoms with Crippen molar-refractivity contribution in [1.82, 2.24) is 20.8 Å². The van der Waals surface area contributed by atoms with Crippen LogP contribution in [0.3, 0.4) is 0 Å². The zero-order valence-corrected chi connectivity index (χ0v) is 15.6. The number of hydrogen-bond acceptors (Lipinski definition) is 6. The number of hydrazone groups is 2. The summed E-state index contributed by atoms with van der Waals surface area (Å²) in [5, 5.41) is 7.74. The lowest BCUT2D eigenvalue weighted by Crippen LogP contribution is -2.17. The van der Waals surface area contributed by atoms with Crippen LogP contribution in [-0.4, -0.2) is 34.2 Å². The molecule has 0 saturated heterocycles. The summed E-state index contributed by atoms with van der Waals surface area (Å²) in [6, 6.07) is 10.9. The molecule has 0 spiro atoms. The fraction of sp³-hybridized carbons (Fsp3) is 0.300. The van der Waals surface area contributed by atoms with Gasteiger partial charge in [-0.2, -0.15) is 10.2 Å². The fourth-order valence-electron chi connectivity index (χ4n) is 2.28. The van der Waals surface area contributed by atoms with Crippen molar-refractivity contribution in [2.45, 2.75) is 38.5 Å². The van der Waals surface area contributed by atoms with Gasteiger partial charge in [-0.05, 0) is 37.1 Å². The maximum absolute atomic E-state index is 11.7. The van der Waals surface area contributed by atoms with Crippen LogP contribution in [0, 0.1) is 0 Å². The first-order valence-corrected chi connectivity index (χ1v) is 9.20. The fourth-order valence-corrected chi connectivity index (χ4v) is 2.28. The predicted molar refractivity (Wildman–Crippen MR) is 108 cm³/mol. The summed E-state index contributed by atoms with van der Waals surface area (Å²) >= 11 is 0. The number of pyridine rings is 2. The number of amides is 2. The van der Waals surface area contributed by atoms with E-state index in [0.717, 1.165) is 25.7 Å². The molecule has 0 aliphatic carbocycles. The summed E-state index contributed by atoms with van der Waals surface area (Å²) in [5.41, 5.74) is 6.34. The van der Waals surface area contributed by atoms with Crippen molar-refractivity contribution >= 4 is 24.2 Å². The maximum Gasteiger partial charge on any atom is 0.240 e. The summed E-state index contributed by atoms with van der Waals surface area (Å²) in [6.45, 7) is 0. The average Bonchev–Trinajstić information content (AvgIpc) is 2.72. The molecule has 0 radical (unpaired) electrons. The first-order chi connectivity index (χ1) is 13.7. The molecule has 0 aliphatic heterocycles. The minimum absolute atomic E-state index is 0.131. The SMILES string of the molecule is O=C(CCCCCCC(=O)N/N=C/c1ccccn1)N/N=C/c1ccccn1. The molecule has 2 N–H and O–H groups in total. The van der Waals surface area contributed by atoms with Crippen LogP contribution in [-0.2, 0) is 9.59 Å². The molecule has 0 bridgehead atoms. The van der Waals surface area contributed by atoms with E-state index in [0.29, 0.717) is 24.2 Å². The Hall–Kier alpha value is -3.42. The van der Waals surface area contributed by atoms with Crippen molar-refractivity contribution in [2.75, 3.05) is 0 Å². The number of nitrogens with zero attached hydrogens (tertiary/aromatic N) is 4. The van der Waals surface area contributed by atoms with Crippen LogP contribution in [0.4, 0.5) is 0 Å². The van der Waals surface area contributed by atoms with E-state index in [9.17, 15) is 9.59 Å². The number of carbonyl (C=O) groups excluding carboxylic acids is 2. The van der Waals surface area contributed by atoms with Gasteiger partial charge >= 0.3 is 0 Å². The molecule has 8 nitrogen and oxygen atoms in total. The van der Waals surface area contributed by atoms with Crippen molar-refractivity contribution in [2.24, 2.45) is 10.2 Å². The van der Waals surface area contributed by atoms with E-state index in [1.54, 1.807) is 24.5 Å². The van der Waals surface area contributed by atoms with Crippen LogP contribution in [0.25, 0.3) is 0 Å². The normalized spacial score (nSPS) is 11.0. The number of unbranched alkanes of at least 4 members (excludes halogenated alkanes) is 3. The highest BCUT2D eigenvalue weighted by atomic mass is 16.2. The Morgan fingerprint density at radius 3 is 1.61 bits per heavy atom. The van der Waals surface area contributed by atoms with E-state index >= 15 is 0 Å². The lowest BCUT2D eigenvalue weighted by Gasteiger charge is -2.01. The van der Waals surface area contributed by atoms with Gasteiger partial charge in [0.15, 0.2) is 0 Å². The van der Waals surface area contributed by atoms with E-state index < -0.39 is 0 Å². The molecule has 2 rings (SSSR count). The minimum atomic E-state index is -0.131. The first kappa shape index (κ1) is 20.9. The quantitative estimate of drug-likeness (QED) is 0.354. The summed E-state index contributed by atoms with van der Waals surface area (Å²) in [4.78, 5) is 31.5. The van der Waals surface area contributed by atoms with Gasteiger partial charge in [-0.15, -0.1) is 0 Å². The van der Waals surface area contributed by atoms with Gasteiger partial charge in [0.25, 0.3) is 0 Å². The average molecular weight is 380 g/mol. The Morgan fingerprint density at radius 2 is 1.21 bits per heavy atom. The summed E-state index contributed by atoms with van der Waals surface area (Å²) < 4.78 is 0. The molecule has 146 valence electrons. The van der Waals surface area contributed by atoms with E-state index in [1.165, 1.54) is 12.4 Å². The Balaban J connectivity index is 1.47. The van der Waals surface area contributed by atoms with Gasteiger partial charge in [-0.3, -0.25) is 19.6 Å². The lowest BCUT2D eigenvalue weighted by molar-refractivity contribution is -0.122. The zero-order chi connectivity index (χ0) is 19.9. The van der Waals surface area contributed by atoms with E-state index in [-0.39, 0.29) is 11.8 Å². The standard InChI is InChI=1S/C20H24N6O2/c27-19(25-23-15-17-9-5-7-13-21-17)11-3-1-2-4-12-20(28)26-24-16-18-10-6-8-14-22-18/h5-10,13-16H,1-4,11-12H2,(H,25,27)(H,26,28)/b23-15+,24-16+. The van der Waals surface area contributed by atoms with Gasteiger partial charge in [-0.1, -0.05) is 25.0 Å². The topological polar surface area (TPSA) is 109 Å². The van der Waals surface area contributed by atoms with E-state index in [2.05, 4.69) is 31.0 Å². The zero-order valence-electron chi connectivity index (χ0n) is 15.6. The van der Waals surface area contributed by atoms with Gasteiger partial charge in [0.2, 0.25) is 11.8 Å². The van der Waals surface area contributed by atoms with Gasteiger partial charge in [0, 0.05) is 25.2 Å². The highest BCUT2D eigenvalue weighted by Crippen LogP contribution is 2.05. The Labute approximate surface area is 164 Å². The molecular formula is C20H24N6O2. The van der Waals surface area contributed by atoms with Gasteiger partial charge in [0.05, 0.1) is 23.8 Å². The van der Waals surface area contributed by atoms with Crippen LogP contribution in [0.5, 0.6) is 0 Å². The number of carbonyl (C=O) groups is 2. The molecular weight excluding hydrogens is 356 g/mol. The molecule has 2 aromatic rings. The highest BCUT2D eigenvalue weighted by molar-refractivity contribution is 5.81. The molecule has 8 heteroatoms. The number of hydrogen-bond donors (Lipinski definition) is 2. The van der Waals surface area contributed by atoms with Crippen LogP contribution in [0.15, 0.2) is 59.0 Å². The molecule has 0 atom stereocenters. The monoisotopic (exact) mass is 380 g/mol. The third-order valence-corrected chi connectivity index (χ3v) is 3.71. The van der Waals surface area contributed by atoms with Gasteiger partial charge < -0.3 is 0 Å². The highest BCUT2D eigenvalue weighted by Gasteiger charge is 2.02. The molecule has 0 saturated carbocycles. The maximum atomic E-state index is 11.7. The van der Waals surface area contributed by atoms with E-state index in [4.69, 9.17) is 0 Å². The molecule has 2 amide bonds. The Morgan fingerprint density at radius 1 is 0.750 bits per heavy atom. The Kier molecular flexibility index (Phi) is 9.59. The van der Waals surface area contributed by atoms with Crippen LogP contribution in [0.2, 0.25) is 0 Å². The van der Waals surface area contributed by atoms with Crippen molar-refractivity contribution in [3.05, 3.63) is 60.2 Å². The van der Waals surface area contributed by atoms with Crippen molar-refractivity contribution in [3.8, 4) is 0 Å². The predicted octanol–water partition coefficient (Wildman–Crippen LogP) is 2.42. The molecule has 0 aliphatic rings. The summed E-state index contributed by atoms with van der Waals surface area (Å²) in [6.07, 6.45) is 10.4. The van der Waals surface area contributed by atoms with Crippen molar-refractivity contribution in [3.63, 3.8) is 0 Å². The third-order valence-electron chi connectivity index (χ3n) is 3.71. The van der Waals surface area contributed by atoms with Gasteiger partial charge in [-0.25, -0.2) is 10.9 Å². The summed E-state index contributed by atoms with van der Waals surface area (Å²) in [5.74, 6) is -0.262. The van der Waals surface area contributed by atoms with Crippen molar-refractivity contribution < 1.29 is 9.59 Å². The third kappa shape index (κ3) is 9.33. The molecule has 0 fully saturated rings. The van der Waals surface area contributed by atoms with Crippen LogP contribution >= 0.6 is 0 Å². The smallest absolute Gasteiger partial charge is 0.240 e. The molecule has 2 heterocycles. The first-order valence-electron chi connectivity index (χ1n) is 9.20. The van der Waals surface area contributed by atoms with E-state index in [1.807, 2.05) is 24.3 Å². The molecule has 0 unspecified atom stereocenters. The molecule has 0 aromatic carbocycles. The van der Waals surface area contributed by atoms with Crippen LogP contribution < -0.4 is 10.9 Å². The molecule has 2 aromatic heterocycles. The molecule has 28 heavy (non-hydrogen) atoms. The van der Waals surface area contributed by atoms with Crippen LogP contribution in [0.1, 0.15) is 49.9 Å². The second-order valence-electron chi connectivity index (χ2n) is 6.01. The number of rotatable bonds is 11. The Bertz CT molecular complexity index is 710. The lowest BCUT2D eigenvalue weighted by atomic mass is 10.1. The second-order valence-corrected chi connectivity index (χ2v) is 6.01. The summed E-state index contributed by atoms with van der Waals surface area (Å²) in [7, 11) is 0. The number of aromatic nitrogens is 2. The minimum Gasteiger partial charge on any atom is -0.273 e.